The highest BCUT2D eigenvalue weighted by Crippen LogP contribution is 2.24. The smallest absolute Gasteiger partial charge is 0.224 e. The number of benzene rings is 1. The molecule has 27 heavy (non-hydrogen) atoms. The van der Waals surface area contributed by atoms with Crippen LogP contribution in [0.15, 0.2) is 48.5 Å². The normalized spacial score (nSPS) is 11.5. The lowest BCUT2D eigenvalue weighted by molar-refractivity contribution is 0.270. The summed E-state index contributed by atoms with van der Waals surface area (Å²) in [6, 6.07) is 16.5. The first-order valence-electron chi connectivity index (χ1n) is 9.11. The van der Waals surface area contributed by atoms with E-state index in [0.717, 1.165) is 39.7 Å². The average Bonchev–Trinajstić information content (AvgIpc) is 3.28. The minimum absolute atomic E-state index is 0.287. The Labute approximate surface area is 159 Å². The molecule has 0 spiro atoms. The molecule has 4 aromatic rings. The van der Waals surface area contributed by atoms with Gasteiger partial charge in [-0.3, -0.25) is 0 Å². The van der Waals surface area contributed by atoms with Crippen LogP contribution >= 0.6 is 0 Å². The van der Waals surface area contributed by atoms with Crippen LogP contribution in [0.4, 0.5) is 0 Å². The van der Waals surface area contributed by atoms with Crippen molar-refractivity contribution in [1.82, 2.24) is 29.3 Å². The molecule has 0 fully saturated rings. The summed E-state index contributed by atoms with van der Waals surface area (Å²) >= 11 is 0. The van der Waals surface area contributed by atoms with E-state index in [1.165, 1.54) is 0 Å². The second-order valence-corrected chi connectivity index (χ2v) is 7.07. The van der Waals surface area contributed by atoms with E-state index in [1.807, 2.05) is 46.1 Å². The molecule has 1 aromatic carbocycles. The van der Waals surface area contributed by atoms with Crippen molar-refractivity contribution in [2.45, 2.75) is 40.9 Å². The molecule has 0 N–H and O–H groups in total. The lowest BCUT2D eigenvalue weighted by atomic mass is 10.1. The molecule has 3 heterocycles. The molecule has 0 aliphatic carbocycles. The van der Waals surface area contributed by atoms with E-state index in [4.69, 9.17) is 15.3 Å². The predicted molar refractivity (Wildman–Crippen MR) is 106 cm³/mol. The van der Waals surface area contributed by atoms with Gasteiger partial charge in [-0.05, 0) is 52.8 Å². The van der Waals surface area contributed by atoms with Crippen LogP contribution in [0.5, 0.6) is 0 Å². The number of hydrogen-bond donors (Lipinski definition) is 0. The number of hydrogen-bond acceptors (Lipinski definition) is 3. The molecule has 0 bridgehead atoms. The first-order valence-corrected chi connectivity index (χ1v) is 9.11. The minimum Gasteiger partial charge on any atom is -0.224 e. The SMILES string of the molecule is Cc1cc(C)n(C(n2nc(C)cc2C)n2nc(-c3ccccc3)cc2C)n1. The maximum Gasteiger partial charge on any atom is 0.238 e. The summed E-state index contributed by atoms with van der Waals surface area (Å²) < 4.78 is 5.98. The summed E-state index contributed by atoms with van der Waals surface area (Å²) in [7, 11) is 0. The zero-order valence-electron chi connectivity index (χ0n) is 16.4. The Balaban J connectivity index is 1.91. The second-order valence-electron chi connectivity index (χ2n) is 7.07. The fraction of sp³-hybridized carbons (Fsp3) is 0.286. The van der Waals surface area contributed by atoms with Crippen LogP contribution in [-0.4, -0.2) is 29.3 Å². The molecule has 0 atom stereocenters. The first kappa shape index (κ1) is 17.3. The van der Waals surface area contributed by atoms with Crippen molar-refractivity contribution in [3.8, 4) is 11.3 Å². The summed E-state index contributed by atoms with van der Waals surface area (Å²) in [6.07, 6.45) is -0.287. The number of rotatable bonds is 4. The van der Waals surface area contributed by atoms with Gasteiger partial charge in [-0.2, -0.15) is 15.3 Å². The maximum atomic E-state index is 4.93. The maximum absolute atomic E-state index is 4.93. The third kappa shape index (κ3) is 3.07. The van der Waals surface area contributed by atoms with Crippen LogP contribution in [0.2, 0.25) is 0 Å². The van der Waals surface area contributed by atoms with Crippen molar-refractivity contribution in [2.75, 3.05) is 0 Å². The van der Waals surface area contributed by atoms with Gasteiger partial charge in [0.05, 0.1) is 17.1 Å². The first-order chi connectivity index (χ1) is 12.9. The molecule has 0 aliphatic rings. The highest BCUT2D eigenvalue weighted by Gasteiger charge is 2.24. The van der Waals surface area contributed by atoms with Crippen LogP contribution in [0.1, 0.15) is 34.8 Å². The zero-order valence-corrected chi connectivity index (χ0v) is 16.4. The third-order valence-electron chi connectivity index (χ3n) is 4.74. The fourth-order valence-electron chi connectivity index (χ4n) is 3.54. The van der Waals surface area contributed by atoms with E-state index < -0.39 is 0 Å². The van der Waals surface area contributed by atoms with Crippen LogP contribution in [0.25, 0.3) is 11.3 Å². The van der Waals surface area contributed by atoms with Gasteiger partial charge < -0.3 is 0 Å². The molecule has 0 radical (unpaired) electrons. The molecule has 0 aliphatic heterocycles. The Morgan fingerprint density at radius 3 is 1.59 bits per heavy atom. The van der Waals surface area contributed by atoms with Gasteiger partial charge in [-0.25, -0.2) is 14.0 Å². The summed E-state index contributed by atoms with van der Waals surface area (Å²) in [5.74, 6) is 0. The molecule has 0 unspecified atom stereocenters. The lowest BCUT2D eigenvalue weighted by Crippen LogP contribution is -2.31. The molecular weight excluding hydrogens is 336 g/mol. The van der Waals surface area contributed by atoms with Crippen LogP contribution in [0.3, 0.4) is 0 Å². The molecule has 6 heteroatoms. The molecular formula is C21H24N6. The Morgan fingerprint density at radius 1 is 0.630 bits per heavy atom. The van der Waals surface area contributed by atoms with Gasteiger partial charge in [0.15, 0.2) is 0 Å². The summed E-state index contributed by atoms with van der Waals surface area (Å²) in [4.78, 5) is 0. The van der Waals surface area contributed by atoms with Crippen molar-refractivity contribution >= 4 is 0 Å². The van der Waals surface area contributed by atoms with E-state index in [-0.39, 0.29) is 6.29 Å². The van der Waals surface area contributed by atoms with Gasteiger partial charge in [-0.1, -0.05) is 30.3 Å². The summed E-state index contributed by atoms with van der Waals surface area (Å²) in [6.45, 7) is 10.2. The highest BCUT2D eigenvalue weighted by molar-refractivity contribution is 5.59. The summed E-state index contributed by atoms with van der Waals surface area (Å²) in [5, 5.41) is 14.4. The largest absolute Gasteiger partial charge is 0.238 e. The van der Waals surface area contributed by atoms with E-state index in [1.54, 1.807) is 0 Å². The lowest BCUT2D eigenvalue weighted by Gasteiger charge is -2.23. The van der Waals surface area contributed by atoms with Gasteiger partial charge in [0.25, 0.3) is 0 Å². The van der Waals surface area contributed by atoms with Gasteiger partial charge in [0.2, 0.25) is 6.29 Å². The van der Waals surface area contributed by atoms with Crippen LogP contribution in [-0.2, 0) is 0 Å². The molecule has 0 saturated carbocycles. The number of aromatic nitrogens is 6. The quantitative estimate of drug-likeness (QED) is 0.552. The van der Waals surface area contributed by atoms with Crippen molar-refractivity contribution in [1.29, 1.82) is 0 Å². The fourth-order valence-corrected chi connectivity index (χ4v) is 3.54. The van der Waals surface area contributed by atoms with E-state index in [2.05, 4.69) is 51.1 Å². The van der Waals surface area contributed by atoms with E-state index in [0.29, 0.717) is 0 Å². The highest BCUT2D eigenvalue weighted by atomic mass is 15.6. The molecule has 138 valence electrons. The standard InChI is InChI=1S/C21H24N6/c1-14-11-16(3)25(22-14)21(26-17(4)12-15(2)23-26)27-18(5)13-20(24-27)19-9-7-6-8-10-19/h6-13,21H,1-5H3. The van der Waals surface area contributed by atoms with Gasteiger partial charge in [0.1, 0.15) is 0 Å². The second kappa shape index (κ2) is 6.54. The molecule has 3 aromatic heterocycles. The number of nitrogens with zero attached hydrogens (tertiary/aromatic N) is 6. The van der Waals surface area contributed by atoms with E-state index in [9.17, 15) is 0 Å². The monoisotopic (exact) mass is 360 g/mol. The van der Waals surface area contributed by atoms with Crippen molar-refractivity contribution in [2.24, 2.45) is 0 Å². The van der Waals surface area contributed by atoms with Gasteiger partial charge in [0, 0.05) is 22.6 Å². The Bertz CT molecular complexity index is 1040. The topological polar surface area (TPSA) is 53.5 Å². The molecule has 0 saturated heterocycles. The Morgan fingerprint density at radius 2 is 1.11 bits per heavy atom. The van der Waals surface area contributed by atoms with Crippen molar-refractivity contribution in [3.63, 3.8) is 0 Å². The minimum atomic E-state index is -0.287. The van der Waals surface area contributed by atoms with Crippen LogP contribution in [0, 0.1) is 34.6 Å². The Hall–Kier alpha value is -3.15. The zero-order chi connectivity index (χ0) is 19.1. The Kier molecular flexibility index (Phi) is 4.18. The molecule has 0 amide bonds. The van der Waals surface area contributed by atoms with Crippen molar-refractivity contribution < 1.29 is 0 Å². The van der Waals surface area contributed by atoms with Gasteiger partial charge in [-0.15, -0.1) is 0 Å². The van der Waals surface area contributed by atoms with Gasteiger partial charge >= 0.3 is 0 Å². The van der Waals surface area contributed by atoms with Crippen LogP contribution < -0.4 is 0 Å². The molecule has 4 rings (SSSR count). The molecule has 6 nitrogen and oxygen atoms in total. The predicted octanol–water partition coefficient (Wildman–Crippen LogP) is 4.04. The van der Waals surface area contributed by atoms with E-state index >= 15 is 0 Å². The number of aryl methyl sites for hydroxylation is 5. The third-order valence-corrected chi connectivity index (χ3v) is 4.74. The van der Waals surface area contributed by atoms with Crippen molar-refractivity contribution in [3.05, 3.63) is 77.0 Å². The average molecular weight is 360 g/mol. The summed E-state index contributed by atoms with van der Waals surface area (Å²) in [5.41, 5.74) is 7.20.